The molecule has 1 unspecified atom stereocenters. The van der Waals surface area contributed by atoms with Crippen LogP contribution in [0.4, 0.5) is 0 Å². The normalized spacial score (nSPS) is 12.6. The van der Waals surface area contributed by atoms with Crippen molar-refractivity contribution in [3.63, 3.8) is 0 Å². The van der Waals surface area contributed by atoms with Crippen molar-refractivity contribution in [2.45, 2.75) is 18.5 Å². The molecule has 1 atom stereocenters. The van der Waals surface area contributed by atoms with Gasteiger partial charge in [0.25, 0.3) is 0 Å². The predicted molar refractivity (Wildman–Crippen MR) is 76.7 cm³/mol. The Kier molecular flexibility index (Phi) is 5.52. The van der Waals surface area contributed by atoms with Gasteiger partial charge in [-0.25, -0.2) is 0 Å². The Morgan fingerprint density at radius 2 is 1.95 bits per heavy atom. The first-order chi connectivity index (χ1) is 9.81. The predicted octanol–water partition coefficient (Wildman–Crippen LogP) is 2.40. The molecule has 0 radical (unpaired) electrons. The molecule has 0 aliphatic rings. The lowest BCUT2D eigenvalue weighted by Gasteiger charge is -2.17. The average Bonchev–Trinajstić information content (AvgIpc) is 2.90. The molecule has 0 amide bonds. The molecule has 0 N–H and O–H groups in total. The summed E-state index contributed by atoms with van der Waals surface area (Å²) in [5.74, 6) is 1.77. The molecule has 108 valence electrons. The monoisotopic (exact) mass is 295 g/mol. The fourth-order valence-electron chi connectivity index (χ4n) is 2.09. The second kappa shape index (κ2) is 7.38. The van der Waals surface area contributed by atoms with Gasteiger partial charge in [0.1, 0.15) is 11.9 Å². The maximum atomic E-state index is 5.91. The Morgan fingerprint density at radius 1 is 1.20 bits per heavy atom. The summed E-state index contributed by atoms with van der Waals surface area (Å²) in [5.41, 5.74) is 1.03. The molecule has 1 heterocycles. The molecule has 0 spiro atoms. The molecule has 0 aliphatic carbocycles. The molecule has 0 saturated heterocycles. The van der Waals surface area contributed by atoms with Gasteiger partial charge >= 0.3 is 0 Å². The molecule has 5 nitrogen and oxygen atoms in total. The van der Waals surface area contributed by atoms with E-state index in [1.165, 1.54) is 0 Å². The molecule has 0 bridgehead atoms. The number of halogens is 1. The zero-order valence-electron chi connectivity index (χ0n) is 11.6. The second-order valence-corrected chi connectivity index (χ2v) is 4.55. The summed E-state index contributed by atoms with van der Waals surface area (Å²) in [6.07, 6.45) is -0.266. The standard InChI is InChI=1S/C14H18ClN3O2/c1-19-9-8-18-12(10-15)16-17-14(18)13(20-2)11-6-4-3-5-7-11/h3-7,13H,8-10H2,1-2H3. The lowest BCUT2D eigenvalue weighted by Crippen LogP contribution is -2.16. The van der Waals surface area contributed by atoms with E-state index in [-0.39, 0.29) is 6.10 Å². The fraction of sp³-hybridized carbons (Fsp3) is 0.429. The molecular formula is C14H18ClN3O2. The summed E-state index contributed by atoms with van der Waals surface area (Å²) >= 11 is 5.91. The number of ether oxygens (including phenoxy) is 2. The highest BCUT2D eigenvalue weighted by molar-refractivity contribution is 6.16. The second-order valence-electron chi connectivity index (χ2n) is 4.28. The number of methoxy groups -OCH3 is 2. The van der Waals surface area contributed by atoms with Crippen LogP contribution in [-0.2, 0) is 21.9 Å². The van der Waals surface area contributed by atoms with E-state index in [0.29, 0.717) is 19.0 Å². The highest BCUT2D eigenvalue weighted by atomic mass is 35.5. The van der Waals surface area contributed by atoms with E-state index in [4.69, 9.17) is 21.1 Å². The first-order valence-electron chi connectivity index (χ1n) is 6.36. The first-order valence-corrected chi connectivity index (χ1v) is 6.89. The highest BCUT2D eigenvalue weighted by Crippen LogP contribution is 2.24. The first kappa shape index (κ1) is 15.0. The topological polar surface area (TPSA) is 49.2 Å². The smallest absolute Gasteiger partial charge is 0.166 e. The number of nitrogens with zero attached hydrogens (tertiary/aromatic N) is 3. The highest BCUT2D eigenvalue weighted by Gasteiger charge is 2.22. The number of hydrogen-bond donors (Lipinski definition) is 0. The SMILES string of the molecule is COCCn1c(CCl)nnc1C(OC)c1ccccc1. The van der Waals surface area contributed by atoms with Crippen molar-refractivity contribution >= 4 is 11.6 Å². The van der Waals surface area contributed by atoms with Crippen LogP contribution in [0.25, 0.3) is 0 Å². The van der Waals surface area contributed by atoms with Gasteiger partial charge in [-0.15, -0.1) is 21.8 Å². The quantitative estimate of drug-likeness (QED) is 0.736. The van der Waals surface area contributed by atoms with Gasteiger partial charge in [0.2, 0.25) is 0 Å². The number of alkyl halides is 1. The molecule has 0 fully saturated rings. The van der Waals surface area contributed by atoms with E-state index in [9.17, 15) is 0 Å². The Hall–Kier alpha value is -1.43. The zero-order valence-corrected chi connectivity index (χ0v) is 12.4. The number of aromatic nitrogens is 3. The molecule has 2 rings (SSSR count). The van der Waals surface area contributed by atoms with E-state index in [1.807, 2.05) is 34.9 Å². The third kappa shape index (κ3) is 3.17. The summed E-state index contributed by atoms with van der Waals surface area (Å²) in [4.78, 5) is 0. The van der Waals surface area contributed by atoms with Gasteiger partial charge in [-0.2, -0.15) is 0 Å². The summed E-state index contributed by atoms with van der Waals surface area (Å²) in [6.45, 7) is 1.22. The molecule has 6 heteroatoms. The molecule has 0 aliphatic heterocycles. The van der Waals surface area contributed by atoms with E-state index >= 15 is 0 Å². The van der Waals surface area contributed by atoms with Crippen molar-refractivity contribution in [2.75, 3.05) is 20.8 Å². The van der Waals surface area contributed by atoms with Crippen molar-refractivity contribution in [2.24, 2.45) is 0 Å². The minimum atomic E-state index is -0.266. The fourth-order valence-corrected chi connectivity index (χ4v) is 2.28. The zero-order chi connectivity index (χ0) is 14.4. The Bertz CT molecular complexity index is 530. The summed E-state index contributed by atoms with van der Waals surface area (Å²) in [6, 6.07) is 9.92. The van der Waals surface area contributed by atoms with Crippen LogP contribution in [0, 0.1) is 0 Å². The van der Waals surface area contributed by atoms with E-state index in [2.05, 4.69) is 10.2 Å². The van der Waals surface area contributed by atoms with Gasteiger partial charge in [-0.1, -0.05) is 30.3 Å². The summed E-state index contributed by atoms with van der Waals surface area (Å²) in [5, 5.41) is 8.36. The molecule has 0 saturated carbocycles. The van der Waals surface area contributed by atoms with Crippen LogP contribution in [0.15, 0.2) is 30.3 Å². The molecule has 2 aromatic rings. The summed E-state index contributed by atoms with van der Waals surface area (Å²) < 4.78 is 12.7. The van der Waals surface area contributed by atoms with Gasteiger partial charge in [0.05, 0.1) is 12.5 Å². The largest absolute Gasteiger partial charge is 0.383 e. The van der Waals surface area contributed by atoms with E-state index in [0.717, 1.165) is 17.2 Å². The van der Waals surface area contributed by atoms with Crippen LogP contribution in [0.3, 0.4) is 0 Å². The lowest BCUT2D eigenvalue weighted by atomic mass is 10.1. The molecule has 20 heavy (non-hydrogen) atoms. The Labute approximate surface area is 123 Å². The summed E-state index contributed by atoms with van der Waals surface area (Å²) in [7, 11) is 3.32. The molecular weight excluding hydrogens is 278 g/mol. The van der Waals surface area contributed by atoms with Gasteiger partial charge in [0.15, 0.2) is 5.82 Å². The van der Waals surface area contributed by atoms with Crippen LogP contribution in [0.1, 0.15) is 23.3 Å². The van der Waals surface area contributed by atoms with Crippen molar-refractivity contribution in [3.8, 4) is 0 Å². The van der Waals surface area contributed by atoms with Gasteiger partial charge in [-0.3, -0.25) is 0 Å². The van der Waals surface area contributed by atoms with Crippen molar-refractivity contribution < 1.29 is 9.47 Å². The van der Waals surface area contributed by atoms with E-state index in [1.54, 1.807) is 14.2 Å². The maximum Gasteiger partial charge on any atom is 0.166 e. The van der Waals surface area contributed by atoms with Crippen LogP contribution in [0.5, 0.6) is 0 Å². The minimum Gasteiger partial charge on any atom is -0.383 e. The van der Waals surface area contributed by atoms with E-state index < -0.39 is 0 Å². The average molecular weight is 296 g/mol. The number of rotatable bonds is 7. The number of hydrogen-bond acceptors (Lipinski definition) is 4. The van der Waals surface area contributed by atoms with Crippen molar-refractivity contribution in [3.05, 3.63) is 47.5 Å². The maximum absolute atomic E-state index is 5.91. The van der Waals surface area contributed by atoms with Crippen molar-refractivity contribution in [1.82, 2.24) is 14.8 Å². The third-order valence-corrected chi connectivity index (χ3v) is 3.31. The van der Waals surface area contributed by atoms with Gasteiger partial charge < -0.3 is 14.0 Å². The molecule has 1 aromatic heterocycles. The van der Waals surface area contributed by atoms with Crippen LogP contribution in [0.2, 0.25) is 0 Å². The Morgan fingerprint density at radius 3 is 2.55 bits per heavy atom. The van der Waals surface area contributed by atoms with Crippen LogP contribution < -0.4 is 0 Å². The van der Waals surface area contributed by atoms with Crippen LogP contribution in [-0.4, -0.2) is 35.6 Å². The Balaban J connectivity index is 2.36. The third-order valence-electron chi connectivity index (χ3n) is 3.07. The lowest BCUT2D eigenvalue weighted by molar-refractivity contribution is 0.121. The number of benzene rings is 1. The van der Waals surface area contributed by atoms with Gasteiger partial charge in [-0.05, 0) is 5.56 Å². The minimum absolute atomic E-state index is 0.266. The van der Waals surface area contributed by atoms with Gasteiger partial charge in [0, 0.05) is 20.8 Å². The van der Waals surface area contributed by atoms with Crippen LogP contribution >= 0.6 is 11.6 Å². The van der Waals surface area contributed by atoms with Crippen molar-refractivity contribution in [1.29, 1.82) is 0 Å². The molecule has 1 aromatic carbocycles.